The van der Waals surface area contributed by atoms with Gasteiger partial charge in [0, 0.05) is 18.5 Å². The summed E-state index contributed by atoms with van der Waals surface area (Å²) in [5, 5.41) is 0.432. The van der Waals surface area contributed by atoms with Crippen molar-refractivity contribution in [2.75, 3.05) is 0 Å². The average molecular weight is 406 g/mol. The number of ether oxygens (including phenoxy) is 1. The topological polar surface area (TPSA) is 77.6 Å². The summed E-state index contributed by atoms with van der Waals surface area (Å²) >= 11 is 5.80. The van der Waals surface area contributed by atoms with Crippen LogP contribution in [0.15, 0.2) is 41.5 Å². The first-order chi connectivity index (χ1) is 13.3. The zero-order chi connectivity index (χ0) is 20.1. The van der Waals surface area contributed by atoms with Crippen molar-refractivity contribution in [1.82, 2.24) is 4.98 Å². The standard InChI is InChI=1S/C20H18ClF2N3O2/c1-10-2-3-11(7-16(27)15-5-4-12(21)9-25-15)6-13(10)20(18(22)23)14-8-17(14)28-19(24)26-20/h2-6,9,14,17-18H,7-8H2,1H3,(H2,24,26)/t14-,17+,20+/m0/s1. The first kappa shape index (κ1) is 18.8. The second-order valence-corrected chi connectivity index (χ2v) is 7.62. The van der Waals surface area contributed by atoms with Gasteiger partial charge in [0.25, 0.3) is 12.4 Å². The molecule has 5 nitrogen and oxygen atoms in total. The minimum atomic E-state index is -2.74. The van der Waals surface area contributed by atoms with E-state index in [0.29, 0.717) is 28.1 Å². The van der Waals surface area contributed by atoms with Crippen LogP contribution in [-0.4, -0.2) is 29.3 Å². The van der Waals surface area contributed by atoms with Crippen LogP contribution in [0.3, 0.4) is 0 Å². The summed E-state index contributed by atoms with van der Waals surface area (Å²) in [6.07, 6.45) is -1.17. The number of nitrogens with zero attached hydrogens (tertiary/aromatic N) is 2. The van der Waals surface area contributed by atoms with E-state index in [4.69, 9.17) is 22.1 Å². The fraction of sp³-hybridized carbons (Fsp3) is 0.350. The van der Waals surface area contributed by atoms with Crippen molar-refractivity contribution in [3.8, 4) is 0 Å². The molecule has 1 aliphatic heterocycles. The van der Waals surface area contributed by atoms with Crippen molar-refractivity contribution in [3.05, 3.63) is 63.9 Å². The third-order valence-electron chi connectivity index (χ3n) is 5.31. The van der Waals surface area contributed by atoms with Gasteiger partial charge in [0.2, 0.25) is 0 Å². The van der Waals surface area contributed by atoms with Crippen LogP contribution in [0.2, 0.25) is 5.02 Å². The summed E-state index contributed by atoms with van der Waals surface area (Å²) in [4.78, 5) is 20.6. The number of aromatic nitrogens is 1. The number of benzene rings is 1. The van der Waals surface area contributed by atoms with E-state index in [9.17, 15) is 13.6 Å². The predicted molar refractivity (Wildman–Crippen MR) is 101 cm³/mol. The monoisotopic (exact) mass is 405 g/mol. The van der Waals surface area contributed by atoms with E-state index in [1.165, 1.54) is 6.20 Å². The molecule has 3 atom stereocenters. The van der Waals surface area contributed by atoms with E-state index < -0.39 is 17.9 Å². The molecule has 0 bridgehead atoms. The molecule has 1 aromatic carbocycles. The number of carbonyl (C=O) groups excluding carboxylic acids is 1. The number of amidine groups is 1. The lowest BCUT2D eigenvalue weighted by Gasteiger charge is -2.34. The van der Waals surface area contributed by atoms with Crippen molar-refractivity contribution in [1.29, 1.82) is 0 Å². The Hall–Kier alpha value is -2.54. The van der Waals surface area contributed by atoms with Crippen LogP contribution in [0.5, 0.6) is 0 Å². The quantitative estimate of drug-likeness (QED) is 0.770. The van der Waals surface area contributed by atoms with Crippen LogP contribution >= 0.6 is 11.6 Å². The van der Waals surface area contributed by atoms with Crippen LogP contribution in [-0.2, 0) is 16.7 Å². The minimum absolute atomic E-state index is 0.0328. The number of rotatable bonds is 5. The number of alkyl halides is 2. The Kier molecular flexibility index (Phi) is 4.57. The van der Waals surface area contributed by atoms with Gasteiger partial charge in [-0.2, -0.15) is 0 Å². The van der Waals surface area contributed by atoms with Crippen LogP contribution in [0, 0.1) is 12.8 Å². The molecule has 2 aromatic rings. The Balaban J connectivity index is 1.70. The van der Waals surface area contributed by atoms with E-state index in [-0.39, 0.29) is 30.0 Å². The van der Waals surface area contributed by atoms with Gasteiger partial charge in [0.15, 0.2) is 11.3 Å². The van der Waals surface area contributed by atoms with Crippen LogP contribution in [0.1, 0.15) is 33.6 Å². The number of Topliss-reactive ketones (excluding diaryl/α,β-unsaturated/α-hetero) is 1. The number of ketones is 1. The molecule has 28 heavy (non-hydrogen) atoms. The summed E-state index contributed by atoms with van der Waals surface area (Å²) in [5.41, 5.74) is 5.88. The lowest BCUT2D eigenvalue weighted by atomic mass is 9.81. The lowest BCUT2D eigenvalue weighted by Crippen LogP contribution is -2.43. The highest BCUT2D eigenvalue weighted by Crippen LogP contribution is 2.56. The van der Waals surface area contributed by atoms with Crippen molar-refractivity contribution in [2.45, 2.75) is 37.8 Å². The number of aryl methyl sites for hydroxylation is 1. The van der Waals surface area contributed by atoms with Gasteiger partial charge in [-0.1, -0.05) is 29.8 Å². The Morgan fingerprint density at radius 2 is 2.18 bits per heavy atom. The molecule has 8 heteroatoms. The van der Waals surface area contributed by atoms with Gasteiger partial charge in [-0.05, 0) is 42.2 Å². The molecule has 0 unspecified atom stereocenters. The lowest BCUT2D eigenvalue weighted by molar-refractivity contribution is 0.0192. The molecule has 2 heterocycles. The molecular weight excluding hydrogens is 388 g/mol. The number of pyridine rings is 1. The van der Waals surface area contributed by atoms with Crippen LogP contribution < -0.4 is 5.73 Å². The molecule has 0 spiro atoms. The Morgan fingerprint density at radius 3 is 2.86 bits per heavy atom. The third kappa shape index (κ3) is 3.13. The fourth-order valence-corrected chi connectivity index (χ4v) is 3.94. The number of aliphatic imine (C=N–C) groups is 1. The molecule has 1 fully saturated rings. The number of nitrogens with two attached hydrogens (primary N) is 1. The van der Waals surface area contributed by atoms with Gasteiger partial charge in [-0.15, -0.1) is 0 Å². The fourth-order valence-electron chi connectivity index (χ4n) is 3.83. The van der Waals surface area contributed by atoms with E-state index >= 15 is 0 Å². The van der Waals surface area contributed by atoms with E-state index in [0.717, 1.165) is 0 Å². The highest BCUT2D eigenvalue weighted by atomic mass is 35.5. The number of fused-ring (bicyclic) bond motifs is 1. The molecule has 1 saturated carbocycles. The van der Waals surface area contributed by atoms with Crippen molar-refractivity contribution < 1.29 is 18.3 Å². The van der Waals surface area contributed by atoms with E-state index in [2.05, 4.69) is 9.98 Å². The third-order valence-corrected chi connectivity index (χ3v) is 5.53. The molecule has 2 N–H and O–H groups in total. The average Bonchev–Trinajstić information content (AvgIpc) is 3.42. The summed E-state index contributed by atoms with van der Waals surface area (Å²) < 4.78 is 33.9. The number of carbonyl (C=O) groups is 1. The van der Waals surface area contributed by atoms with Gasteiger partial charge in [-0.25, -0.2) is 13.8 Å². The Morgan fingerprint density at radius 1 is 1.39 bits per heavy atom. The molecule has 0 amide bonds. The molecule has 0 saturated heterocycles. The van der Waals surface area contributed by atoms with Gasteiger partial charge < -0.3 is 10.5 Å². The van der Waals surface area contributed by atoms with E-state index in [1.807, 2.05) is 0 Å². The maximum atomic E-state index is 14.3. The molecule has 146 valence electrons. The highest BCUT2D eigenvalue weighted by molar-refractivity contribution is 6.30. The van der Waals surface area contributed by atoms with Crippen molar-refractivity contribution in [2.24, 2.45) is 16.6 Å². The van der Waals surface area contributed by atoms with Crippen molar-refractivity contribution in [3.63, 3.8) is 0 Å². The molecule has 4 rings (SSSR count). The van der Waals surface area contributed by atoms with Crippen molar-refractivity contribution >= 4 is 23.4 Å². The predicted octanol–water partition coefficient (Wildman–Crippen LogP) is 3.66. The van der Waals surface area contributed by atoms with Gasteiger partial charge in [0.1, 0.15) is 11.8 Å². The van der Waals surface area contributed by atoms with Gasteiger partial charge in [0.05, 0.1) is 5.02 Å². The molecule has 0 radical (unpaired) electrons. The summed E-state index contributed by atoms with van der Waals surface area (Å²) in [6, 6.07) is 8.02. The molecule has 1 aliphatic carbocycles. The summed E-state index contributed by atoms with van der Waals surface area (Å²) in [6.45, 7) is 1.75. The Labute approximate surface area is 165 Å². The van der Waals surface area contributed by atoms with Crippen LogP contribution in [0.25, 0.3) is 0 Å². The largest absolute Gasteiger partial charge is 0.462 e. The second kappa shape index (κ2) is 6.81. The minimum Gasteiger partial charge on any atom is -0.462 e. The SMILES string of the molecule is Cc1ccc(CC(=O)c2ccc(Cl)cn2)cc1[C@@]1(C(F)F)N=C(N)O[C@@H]2C[C@@H]21. The summed E-state index contributed by atoms with van der Waals surface area (Å²) in [5.74, 6) is -0.653. The van der Waals surface area contributed by atoms with Crippen LogP contribution in [0.4, 0.5) is 8.78 Å². The normalized spacial score (nSPS) is 25.7. The second-order valence-electron chi connectivity index (χ2n) is 7.19. The zero-order valence-corrected chi connectivity index (χ0v) is 15.8. The van der Waals surface area contributed by atoms with E-state index in [1.54, 1.807) is 37.3 Å². The first-order valence-corrected chi connectivity index (χ1v) is 9.24. The highest BCUT2D eigenvalue weighted by Gasteiger charge is 2.63. The molecule has 2 aliphatic rings. The van der Waals surface area contributed by atoms with Gasteiger partial charge in [-0.3, -0.25) is 9.78 Å². The smallest absolute Gasteiger partial charge is 0.283 e. The maximum Gasteiger partial charge on any atom is 0.283 e. The number of halogens is 3. The summed E-state index contributed by atoms with van der Waals surface area (Å²) in [7, 11) is 0. The number of hydrogen-bond donors (Lipinski definition) is 1. The number of hydrogen-bond acceptors (Lipinski definition) is 5. The zero-order valence-electron chi connectivity index (χ0n) is 15.0. The first-order valence-electron chi connectivity index (χ1n) is 8.86. The molecule has 1 aromatic heterocycles. The van der Waals surface area contributed by atoms with Gasteiger partial charge >= 0.3 is 0 Å². The Bertz CT molecular complexity index is 964. The maximum absolute atomic E-state index is 14.3. The molecular formula is C20H18ClF2N3O2.